The molecule has 0 radical (unpaired) electrons. The zero-order valence-corrected chi connectivity index (χ0v) is 15.6. The van der Waals surface area contributed by atoms with Crippen molar-refractivity contribution in [2.45, 2.75) is 25.3 Å². The maximum atomic E-state index is 12.7. The number of nitrogens with zero attached hydrogens (tertiary/aromatic N) is 2. The van der Waals surface area contributed by atoms with Crippen molar-refractivity contribution in [3.05, 3.63) is 58.9 Å². The minimum absolute atomic E-state index is 0.0663. The summed E-state index contributed by atoms with van der Waals surface area (Å²) in [7, 11) is -3.75. The monoisotopic (exact) mass is 381 g/mol. The van der Waals surface area contributed by atoms with E-state index >= 15 is 0 Å². The number of aromatic nitrogens is 1. The number of benzene rings is 1. The Morgan fingerprint density at radius 1 is 1.20 bits per heavy atom. The number of pyridine rings is 1. The fourth-order valence-electron chi connectivity index (χ4n) is 2.32. The molecule has 0 fully saturated rings. The summed E-state index contributed by atoms with van der Waals surface area (Å²) in [6, 6.07) is 9.63. The molecule has 1 amide bonds. The first-order valence-corrected chi connectivity index (χ1v) is 9.69. The van der Waals surface area contributed by atoms with Crippen LogP contribution in [0.3, 0.4) is 0 Å². The van der Waals surface area contributed by atoms with E-state index in [2.05, 4.69) is 10.3 Å². The molecule has 1 aromatic carbocycles. The van der Waals surface area contributed by atoms with Gasteiger partial charge in [-0.15, -0.1) is 0 Å². The van der Waals surface area contributed by atoms with Gasteiger partial charge in [-0.2, -0.15) is 4.31 Å². The lowest BCUT2D eigenvalue weighted by Crippen LogP contribution is -2.31. The molecule has 2 aromatic rings. The van der Waals surface area contributed by atoms with Gasteiger partial charge in [-0.3, -0.25) is 9.78 Å². The van der Waals surface area contributed by atoms with Gasteiger partial charge in [-0.1, -0.05) is 31.5 Å². The first kappa shape index (κ1) is 19.4. The van der Waals surface area contributed by atoms with Gasteiger partial charge in [0.25, 0.3) is 5.91 Å². The Bertz CT molecular complexity index is 837. The van der Waals surface area contributed by atoms with E-state index in [1.807, 2.05) is 6.07 Å². The highest BCUT2D eigenvalue weighted by Crippen LogP contribution is 2.25. The Kier molecular flexibility index (Phi) is 6.52. The summed E-state index contributed by atoms with van der Waals surface area (Å²) < 4.78 is 26.6. The van der Waals surface area contributed by atoms with E-state index in [9.17, 15) is 13.2 Å². The van der Waals surface area contributed by atoms with Crippen LogP contribution in [-0.4, -0.2) is 36.7 Å². The topological polar surface area (TPSA) is 79.4 Å². The molecule has 1 aromatic heterocycles. The van der Waals surface area contributed by atoms with Crippen LogP contribution >= 0.6 is 11.6 Å². The van der Waals surface area contributed by atoms with Crippen LogP contribution in [0, 0.1) is 0 Å². The van der Waals surface area contributed by atoms with Crippen molar-refractivity contribution in [2.75, 3.05) is 13.1 Å². The maximum Gasteiger partial charge on any atom is 0.251 e. The number of nitrogens with one attached hydrogen (secondary N) is 1. The van der Waals surface area contributed by atoms with E-state index < -0.39 is 15.9 Å². The molecule has 0 saturated heterocycles. The van der Waals surface area contributed by atoms with E-state index in [1.54, 1.807) is 32.2 Å². The second-order valence-corrected chi connectivity index (χ2v) is 7.55. The van der Waals surface area contributed by atoms with Crippen molar-refractivity contribution in [3.63, 3.8) is 0 Å². The normalized spacial score (nSPS) is 11.5. The molecule has 1 heterocycles. The average Bonchev–Trinajstić information content (AvgIpc) is 2.61. The number of amides is 1. The van der Waals surface area contributed by atoms with Gasteiger partial charge in [0.05, 0.1) is 17.3 Å². The molecule has 0 aliphatic carbocycles. The average molecular weight is 382 g/mol. The molecule has 2 rings (SSSR count). The molecule has 0 atom stereocenters. The maximum absolute atomic E-state index is 12.7. The van der Waals surface area contributed by atoms with Crippen molar-refractivity contribution in [3.8, 4) is 0 Å². The van der Waals surface area contributed by atoms with Gasteiger partial charge in [0.1, 0.15) is 4.90 Å². The van der Waals surface area contributed by atoms with Crippen LogP contribution in [-0.2, 0) is 16.6 Å². The zero-order chi connectivity index (χ0) is 18.4. The van der Waals surface area contributed by atoms with E-state index in [4.69, 9.17) is 11.6 Å². The van der Waals surface area contributed by atoms with E-state index in [-0.39, 0.29) is 22.0 Å². The number of hydrogen-bond acceptors (Lipinski definition) is 4. The lowest BCUT2D eigenvalue weighted by molar-refractivity contribution is 0.0950. The summed E-state index contributed by atoms with van der Waals surface area (Å²) in [5.74, 6) is -0.390. The highest BCUT2D eigenvalue weighted by Gasteiger charge is 2.25. The van der Waals surface area contributed by atoms with Crippen LogP contribution in [0.1, 0.15) is 29.9 Å². The van der Waals surface area contributed by atoms with Gasteiger partial charge in [-0.05, 0) is 30.3 Å². The van der Waals surface area contributed by atoms with Crippen molar-refractivity contribution in [1.82, 2.24) is 14.6 Å². The second-order valence-electron chi connectivity index (χ2n) is 5.24. The number of sulfonamides is 1. The van der Waals surface area contributed by atoms with E-state index in [0.717, 1.165) is 0 Å². The zero-order valence-electron chi connectivity index (χ0n) is 14.1. The van der Waals surface area contributed by atoms with Crippen molar-refractivity contribution in [1.29, 1.82) is 0 Å². The Morgan fingerprint density at radius 2 is 1.92 bits per heavy atom. The van der Waals surface area contributed by atoms with Crippen molar-refractivity contribution in [2.24, 2.45) is 0 Å². The van der Waals surface area contributed by atoms with Gasteiger partial charge >= 0.3 is 0 Å². The third kappa shape index (κ3) is 4.56. The molecule has 8 heteroatoms. The van der Waals surface area contributed by atoms with Crippen LogP contribution in [0.5, 0.6) is 0 Å². The molecule has 0 saturated carbocycles. The largest absolute Gasteiger partial charge is 0.346 e. The predicted molar refractivity (Wildman–Crippen MR) is 97.0 cm³/mol. The third-order valence-corrected chi connectivity index (χ3v) is 6.20. The fraction of sp³-hybridized carbons (Fsp3) is 0.294. The molecule has 0 aliphatic rings. The van der Waals surface area contributed by atoms with Crippen LogP contribution < -0.4 is 5.32 Å². The third-order valence-electron chi connectivity index (χ3n) is 3.67. The molecule has 0 unspecified atom stereocenters. The lowest BCUT2D eigenvalue weighted by atomic mass is 10.2. The minimum Gasteiger partial charge on any atom is -0.346 e. The van der Waals surface area contributed by atoms with Crippen LogP contribution in [0.4, 0.5) is 0 Å². The van der Waals surface area contributed by atoms with E-state index in [0.29, 0.717) is 18.8 Å². The Labute approximate surface area is 152 Å². The van der Waals surface area contributed by atoms with E-state index in [1.165, 1.54) is 22.5 Å². The molecule has 134 valence electrons. The quantitative estimate of drug-likeness (QED) is 0.799. The smallest absolute Gasteiger partial charge is 0.251 e. The Morgan fingerprint density at radius 3 is 2.52 bits per heavy atom. The number of carbonyl (C=O) groups is 1. The summed E-state index contributed by atoms with van der Waals surface area (Å²) in [5, 5.41) is 2.81. The predicted octanol–water partition coefficient (Wildman–Crippen LogP) is 2.70. The van der Waals surface area contributed by atoms with Gasteiger partial charge < -0.3 is 5.32 Å². The molecule has 0 aliphatic heterocycles. The highest BCUT2D eigenvalue weighted by molar-refractivity contribution is 7.89. The molecule has 0 spiro atoms. The fourth-order valence-corrected chi connectivity index (χ4v) is 4.28. The Balaban J connectivity index is 2.24. The summed E-state index contributed by atoms with van der Waals surface area (Å²) >= 11 is 6.07. The Hall–Kier alpha value is -1.96. The molecular weight excluding hydrogens is 362 g/mol. The minimum atomic E-state index is -3.75. The summed E-state index contributed by atoms with van der Waals surface area (Å²) in [6.45, 7) is 4.40. The number of rotatable bonds is 7. The molecule has 1 N–H and O–H groups in total. The standard InChI is InChI=1S/C17H20ClN3O3S/c1-3-21(4-2)25(23,24)16-11-13(8-9-15(16)18)17(22)20-12-14-7-5-6-10-19-14/h5-11H,3-4,12H2,1-2H3,(H,20,22). The first-order valence-electron chi connectivity index (χ1n) is 7.88. The SMILES string of the molecule is CCN(CC)S(=O)(=O)c1cc(C(=O)NCc2ccccn2)ccc1Cl. The summed E-state index contributed by atoms with van der Waals surface area (Å²) in [6.07, 6.45) is 1.64. The molecule has 25 heavy (non-hydrogen) atoms. The van der Waals surface area contributed by atoms with Crippen LogP contribution in [0.2, 0.25) is 5.02 Å². The van der Waals surface area contributed by atoms with Gasteiger partial charge in [0, 0.05) is 24.8 Å². The molecule has 6 nitrogen and oxygen atoms in total. The summed E-state index contributed by atoms with van der Waals surface area (Å²) in [5.41, 5.74) is 0.937. The molecular formula is C17H20ClN3O3S. The number of hydrogen-bond donors (Lipinski definition) is 1. The highest BCUT2D eigenvalue weighted by atomic mass is 35.5. The van der Waals surface area contributed by atoms with Crippen molar-refractivity contribution < 1.29 is 13.2 Å². The molecule has 0 bridgehead atoms. The van der Waals surface area contributed by atoms with Gasteiger partial charge in [0.15, 0.2) is 0 Å². The lowest BCUT2D eigenvalue weighted by Gasteiger charge is -2.19. The van der Waals surface area contributed by atoms with Crippen LogP contribution in [0.15, 0.2) is 47.5 Å². The van der Waals surface area contributed by atoms with Gasteiger partial charge in [0.2, 0.25) is 10.0 Å². The second kappa shape index (κ2) is 8.42. The number of carbonyl (C=O) groups excluding carboxylic acids is 1. The first-order chi connectivity index (χ1) is 11.9. The van der Waals surface area contributed by atoms with Crippen molar-refractivity contribution >= 4 is 27.5 Å². The van der Waals surface area contributed by atoms with Gasteiger partial charge in [-0.25, -0.2) is 8.42 Å². The van der Waals surface area contributed by atoms with Crippen LogP contribution in [0.25, 0.3) is 0 Å². The summed E-state index contributed by atoms with van der Waals surface area (Å²) in [4.78, 5) is 16.4. The number of halogens is 1.